The molecule has 0 aliphatic heterocycles. The fraction of sp³-hybridized carbons (Fsp3) is 0.467. The van der Waals surface area contributed by atoms with Crippen LogP contribution in [0.1, 0.15) is 26.2 Å². The van der Waals surface area contributed by atoms with E-state index in [4.69, 9.17) is 4.74 Å². The third-order valence-electron chi connectivity index (χ3n) is 2.90. The minimum atomic E-state index is -0.217. The second kappa shape index (κ2) is 8.19. The van der Waals surface area contributed by atoms with Crippen LogP contribution in [-0.4, -0.2) is 37.4 Å². The van der Waals surface area contributed by atoms with Gasteiger partial charge in [-0.1, -0.05) is 19.4 Å². The van der Waals surface area contributed by atoms with Crippen molar-refractivity contribution in [1.82, 2.24) is 4.90 Å². The summed E-state index contributed by atoms with van der Waals surface area (Å²) in [5.41, 5.74) is 0.656. The predicted molar refractivity (Wildman–Crippen MR) is 78.8 cm³/mol. The summed E-state index contributed by atoms with van der Waals surface area (Å²) in [5.74, 6) is 0.452. The van der Waals surface area contributed by atoms with Gasteiger partial charge in [-0.05, 0) is 18.6 Å². The van der Waals surface area contributed by atoms with E-state index < -0.39 is 0 Å². The van der Waals surface area contributed by atoms with Crippen LogP contribution in [0.5, 0.6) is 5.75 Å². The number of hydrogen-bond donors (Lipinski definition) is 1. The first-order valence-electron chi connectivity index (χ1n) is 6.74. The number of ether oxygens (including phenoxy) is 1. The molecule has 0 bridgehead atoms. The van der Waals surface area contributed by atoms with Gasteiger partial charge in [0.15, 0.2) is 0 Å². The quantitative estimate of drug-likeness (QED) is 0.832. The first-order valence-corrected chi connectivity index (χ1v) is 6.74. The van der Waals surface area contributed by atoms with Crippen LogP contribution in [0.2, 0.25) is 0 Å². The molecular weight excluding hydrogens is 256 g/mol. The van der Waals surface area contributed by atoms with Crippen molar-refractivity contribution in [2.75, 3.05) is 26.0 Å². The molecule has 5 heteroatoms. The monoisotopic (exact) mass is 278 g/mol. The number of nitrogens with one attached hydrogen (secondary N) is 1. The van der Waals surface area contributed by atoms with Gasteiger partial charge in [-0.3, -0.25) is 9.59 Å². The number of anilines is 1. The number of likely N-dealkylation sites (N-methyl/N-ethyl adjacent to an activating group) is 1. The molecule has 0 radical (unpaired) electrons. The Morgan fingerprint density at radius 1 is 1.35 bits per heavy atom. The van der Waals surface area contributed by atoms with Crippen LogP contribution in [0.15, 0.2) is 24.3 Å². The number of carbonyl (C=O) groups excluding carboxylic acids is 2. The van der Waals surface area contributed by atoms with Crippen molar-refractivity contribution >= 4 is 17.5 Å². The summed E-state index contributed by atoms with van der Waals surface area (Å²) < 4.78 is 5.08. The van der Waals surface area contributed by atoms with Gasteiger partial charge in [-0.15, -0.1) is 0 Å². The Kier molecular flexibility index (Phi) is 6.56. The molecule has 0 aromatic heterocycles. The average Bonchev–Trinajstić information content (AvgIpc) is 2.44. The Bertz CT molecular complexity index is 460. The van der Waals surface area contributed by atoms with Crippen LogP contribution in [-0.2, 0) is 9.59 Å². The Morgan fingerprint density at radius 3 is 2.75 bits per heavy atom. The van der Waals surface area contributed by atoms with Gasteiger partial charge in [0.05, 0.1) is 13.7 Å². The van der Waals surface area contributed by atoms with Gasteiger partial charge < -0.3 is 15.0 Å². The van der Waals surface area contributed by atoms with Gasteiger partial charge >= 0.3 is 0 Å². The zero-order valence-electron chi connectivity index (χ0n) is 12.3. The molecule has 1 aromatic carbocycles. The molecule has 0 fully saturated rings. The van der Waals surface area contributed by atoms with Crippen LogP contribution in [0.4, 0.5) is 5.69 Å². The van der Waals surface area contributed by atoms with Crippen molar-refractivity contribution in [2.45, 2.75) is 26.2 Å². The minimum Gasteiger partial charge on any atom is -0.497 e. The average molecular weight is 278 g/mol. The second-order valence-corrected chi connectivity index (χ2v) is 4.63. The zero-order valence-corrected chi connectivity index (χ0v) is 12.3. The molecule has 0 atom stereocenters. The van der Waals surface area contributed by atoms with E-state index in [-0.39, 0.29) is 18.4 Å². The Labute approximate surface area is 119 Å². The summed E-state index contributed by atoms with van der Waals surface area (Å²) in [4.78, 5) is 25.0. The molecule has 0 saturated carbocycles. The van der Waals surface area contributed by atoms with Crippen molar-refractivity contribution < 1.29 is 14.3 Å². The highest BCUT2D eigenvalue weighted by atomic mass is 16.5. The van der Waals surface area contributed by atoms with Crippen molar-refractivity contribution in [2.24, 2.45) is 0 Å². The maximum Gasteiger partial charge on any atom is 0.243 e. The molecule has 0 aliphatic carbocycles. The molecule has 110 valence electrons. The number of hydrogen-bond acceptors (Lipinski definition) is 3. The Morgan fingerprint density at radius 2 is 2.10 bits per heavy atom. The van der Waals surface area contributed by atoms with E-state index in [1.807, 2.05) is 6.92 Å². The number of unbranched alkanes of at least 4 members (excludes halogenated alkanes) is 1. The molecule has 1 N–H and O–H groups in total. The Hall–Kier alpha value is -2.04. The van der Waals surface area contributed by atoms with Crippen molar-refractivity contribution in [3.05, 3.63) is 24.3 Å². The highest BCUT2D eigenvalue weighted by molar-refractivity contribution is 5.94. The molecule has 0 saturated heterocycles. The molecule has 5 nitrogen and oxygen atoms in total. The summed E-state index contributed by atoms with van der Waals surface area (Å²) in [6.45, 7) is 2.09. The number of methoxy groups -OCH3 is 1. The number of nitrogens with zero attached hydrogens (tertiary/aromatic N) is 1. The van der Waals surface area contributed by atoms with Gasteiger partial charge in [0.2, 0.25) is 11.8 Å². The smallest absolute Gasteiger partial charge is 0.243 e. The highest BCUT2D eigenvalue weighted by Gasteiger charge is 2.12. The molecule has 1 aromatic rings. The standard InChI is InChI=1S/C15H22N2O3/c1-4-5-9-15(19)17(2)11-14(18)16-12-7-6-8-13(10-12)20-3/h6-8,10H,4-5,9,11H2,1-3H3,(H,16,18). The van der Waals surface area contributed by atoms with E-state index in [2.05, 4.69) is 5.32 Å². The van der Waals surface area contributed by atoms with Crippen LogP contribution < -0.4 is 10.1 Å². The minimum absolute atomic E-state index is 0.00681. The molecular formula is C15H22N2O3. The first-order chi connectivity index (χ1) is 9.56. The third kappa shape index (κ3) is 5.30. The van der Waals surface area contributed by atoms with E-state index in [1.165, 1.54) is 4.90 Å². The lowest BCUT2D eigenvalue weighted by Gasteiger charge is -2.16. The largest absolute Gasteiger partial charge is 0.497 e. The lowest BCUT2D eigenvalue weighted by atomic mass is 10.2. The lowest BCUT2D eigenvalue weighted by Crippen LogP contribution is -2.34. The van der Waals surface area contributed by atoms with E-state index in [0.717, 1.165) is 12.8 Å². The van der Waals surface area contributed by atoms with Crippen molar-refractivity contribution in [1.29, 1.82) is 0 Å². The maximum absolute atomic E-state index is 11.9. The molecule has 0 spiro atoms. The summed E-state index contributed by atoms with van der Waals surface area (Å²) in [5, 5.41) is 2.75. The highest BCUT2D eigenvalue weighted by Crippen LogP contribution is 2.16. The van der Waals surface area contributed by atoms with Crippen LogP contribution in [0.25, 0.3) is 0 Å². The molecule has 0 heterocycles. The number of amides is 2. The normalized spacial score (nSPS) is 9.95. The summed E-state index contributed by atoms with van der Waals surface area (Å²) in [6, 6.07) is 7.11. The van der Waals surface area contributed by atoms with Gasteiger partial charge in [-0.2, -0.15) is 0 Å². The molecule has 1 rings (SSSR count). The van der Waals surface area contributed by atoms with E-state index in [1.54, 1.807) is 38.4 Å². The number of rotatable bonds is 7. The van der Waals surface area contributed by atoms with Crippen LogP contribution in [0.3, 0.4) is 0 Å². The van der Waals surface area contributed by atoms with Gasteiger partial charge in [-0.25, -0.2) is 0 Å². The SMILES string of the molecule is CCCCC(=O)N(C)CC(=O)Nc1cccc(OC)c1. The fourth-order valence-electron chi connectivity index (χ4n) is 1.72. The predicted octanol–water partition coefficient (Wildman–Crippen LogP) is 2.28. The number of benzene rings is 1. The van der Waals surface area contributed by atoms with Crippen LogP contribution in [0, 0.1) is 0 Å². The summed E-state index contributed by atoms with van der Waals surface area (Å²) in [7, 11) is 3.21. The van der Waals surface area contributed by atoms with Crippen molar-refractivity contribution in [3.63, 3.8) is 0 Å². The lowest BCUT2D eigenvalue weighted by molar-refractivity contribution is -0.133. The molecule has 0 aliphatic rings. The summed E-state index contributed by atoms with van der Waals surface area (Å²) >= 11 is 0. The fourth-order valence-corrected chi connectivity index (χ4v) is 1.72. The van der Waals surface area contributed by atoms with Gasteiger partial charge in [0, 0.05) is 25.2 Å². The first kappa shape index (κ1) is 16.0. The molecule has 20 heavy (non-hydrogen) atoms. The van der Waals surface area contributed by atoms with E-state index in [0.29, 0.717) is 17.9 Å². The topological polar surface area (TPSA) is 58.6 Å². The third-order valence-corrected chi connectivity index (χ3v) is 2.90. The van der Waals surface area contributed by atoms with Crippen LogP contribution >= 0.6 is 0 Å². The van der Waals surface area contributed by atoms with Crippen molar-refractivity contribution in [3.8, 4) is 5.75 Å². The maximum atomic E-state index is 11.9. The second-order valence-electron chi connectivity index (χ2n) is 4.63. The van der Waals surface area contributed by atoms with E-state index >= 15 is 0 Å². The molecule has 0 unspecified atom stereocenters. The number of carbonyl (C=O) groups is 2. The van der Waals surface area contributed by atoms with Gasteiger partial charge in [0.25, 0.3) is 0 Å². The zero-order chi connectivity index (χ0) is 15.0. The van der Waals surface area contributed by atoms with Gasteiger partial charge in [0.1, 0.15) is 5.75 Å². The van der Waals surface area contributed by atoms with E-state index in [9.17, 15) is 9.59 Å². The molecule has 2 amide bonds. The summed E-state index contributed by atoms with van der Waals surface area (Å²) in [6.07, 6.45) is 2.30. The Balaban J connectivity index is 2.48.